The lowest BCUT2D eigenvalue weighted by Gasteiger charge is -2.27. The molecule has 32 heavy (non-hydrogen) atoms. The van der Waals surface area contributed by atoms with Gasteiger partial charge >= 0.3 is 5.97 Å². The number of nitrogens with one attached hydrogen (secondary N) is 1. The highest BCUT2D eigenvalue weighted by atomic mass is 32.2. The molecular formula is C22H25NO7S2. The van der Waals surface area contributed by atoms with Gasteiger partial charge in [-0.15, -0.1) is 11.3 Å². The minimum atomic E-state index is -3.25. The number of hydrogen-bond acceptors (Lipinski definition) is 8. The fourth-order valence-corrected chi connectivity index (χ4v) is 7.42. The summed E-state index contributed by atoms with van der Waals surface area (Å²) in [5, 5.41) is 2.95. The van der Waals surface area contributed by atoms with Crippen LogP contribution >= 0.6 is 11.3 Å². The maximum atomic E-state index is 13.1. The van der Waals surface area contributed by atoms with E-state index in [0.29, 0.717) is 40.2 Å². The Labute approximate surface area is 190 Å². The third-order valence-electron chi connectivity index (χ3n) is 5.79. The van der Waals surface area contributed by atoms with E-state index >= 15 is 0 Å². The number of ketones is 1. The quantitative estimate of drug-likeness (QED) is 0.664. The Hall–Kier alpha value is -2.46. The second-order valence-electron chi connectivity index (χ2n) is 9.02. The average molecular weight is 480 g/mol. The van der Waals surface area contributed by atoms with Crippen molar-refractivity contribution in [3.63, 3.8) is 0 Å². The molecule has 10 heteroatoms. The summed E-state index contributed by atoms with van der Waals surface area (Å²) in [4.78, 5) is 38.9. The molecule has 0 saturated carbocycles. The van der Waals surface area contributed by atoms with Crippen molar-refractivity contribution in [2.45, 2.75) is 52.7 Å². The van der Waals surface area contributed by atoms with Gasteiger partial charge in [-0.05, 0) is 31.2 Å². The van der Waals surface area contributed by atoms with E-state index < -0.39 is 21.7 Å². The lowest BCUT2D eigenvalue weighted by atomic mass is 9.76. The van der Waals surface area contributed by atoms with Crippen molar-refractivity contribution in [1.29, 1.82) is 0 Å². The van der Waals surface area contributed by atoms with Gasteiger partial charge < -0.3 is 14.5 Å². The molecule has 0 aromatic carbocycles. The van der Waals surface area contributed by atoms with Crippen LogP contribution in [0.4, 0.5) is 5.00 Å². The number of thiophene rings is 1. The summed E-state index contributed by atoms with van der Waals surface area (Å²) in [5.74, 6) is -0.959. The molecule has 0 bridgehead atoms. The first-order chi connectivity index (χ1) is 14.9. The van der Waals surface area contributed by atoms with Crippen LogP contribution in [0.1, 0.15) is 80.2 Å². The van der Waals surface area contributed by atoms with Crippen LogP contribution in [0.3, 0.4) is 0 Å². The van der Waals surface area contributed by atoms with Crippen LogP contribution in [0.5, 0.6) is 0 Å². The summed E-state index contributed by atoms with van der Waals surface area (Å²) in [7, 11) is -3.25. The summed E-state index contributed by atoms with van der Waals surface area (Å²) in [6, 6.07) is 0. The standard InChI is InChI=1S/C22H25NO7S2/c1-5-29-21(26)17-12-6-7-32(27,28)10-15(12)31-20(17)23-19(25)18-11(2)16-13(24)8-22(3,4)9-14(16)30-18/h5-10H2,1-4H3,(H,23,25). The predicted molar refractivity (Wildman–Crippen MR) is 119 cm³/mol. The van der Waals surface area contributed by atoms with Crippen LogP contribution in [0.15, 0.2) is 4.42 Å². The molecule has 1 aliphatic carbocycles. The second-order valence-corrected chi connectivity index (χ2v) is 12.3. The van der Waals surface area contributed by atoms with Crippen LogP contribution in [0.25, 0.3) is 0 Å². The van der Waals surface area contributed by atoms with Crippen LogP contribution in [-0.2, 0) is 33.2 Å². The molecular weight excluding hydrogens is 454 g/mol. The molecule has 0 spiro atoms. The van der Waals surface area contributed by atoms with Gasteiger partial charge in [0.15, 0.2) is 21.4 Å². The van der Waals surface area contributed by atoms with Gasteiger partial charge in [0.05, 0.1) is 29.2 Å². The molecule has 2 aromatic rings. The molecule has 1 aliphatic heterocycles. The Kier molecular flexibility index (Phi) is 5.57. The Bertz CT molecular complexity index is 1250. The van der Waals surface area contributed by atoms with Gasteiger partial charge in [-0.3, -0.25) is 9.59 Å². The summed E-state index contributed by atoms with van der Waals surface area (Å²) >= 11 is 1.06. The summed E-state index contributed by atoms with van der Waals surface area (Å²) < 4.78 is 35.1. The topological polar surface area (TPSA) is 120 Å². The van der Waals surface area contributed by atoms with Crippen molar-refractivity contribution < 1.29 is 32.0 Å². The molecule has 1 amide bonds. The molecule has 0 fully saturated rings. The molecule has 0 unspecified atom stereocenters. The minimum absolute atomic E-state index is 0.0230. The van der Waals surface area contributed by atoms with E-state index in [2.05, 4.69) is 5.32 Å². The first-order valence-electron chi connectivity index (χ1n) is 10.4. The number of anilines is 1. The predicted octanol–water partition coefficient (Wildman–Crippen LogP) is 3.70. The largest absolute Gasteiger partial charge is 0.462 e. The molecule has 0 saturated heterocycles. The Balaban J connectivity index is 1.71. The summed E-state index contributed by atoms with van der Waals surface area (Å²) in [5.41, 5.74) is 1.47. The van der Waals surface area contributed by atoms with E-state index in [1.54, 1.807) is 13.8 Å². The Morgan fingerprint density at radius 1 is 1.25 bits per heavy atom. The molecule has 8 nitrogen and oxygen atoms in total. The molecule has 0 radical (unpaired) electrons. The molecule has 3 heterocycles. The number of carbonyl (C=O) groups is 3. The fourth-order valence-electron chi connectivity index (χ4n) is 4.39. The maximum absolute atomic E-state index is 13.1. The second kappa shape index (κ2) is 7.84. The number of fused-ring (bicyclic) bond motifs is 2. The summed E-state index contributed by atoms with van der Waals surface area (Å²) in [6.07, 6.45) is 1.11. The average Bonchev–Trinajstić information content (AvgIpc) is 3.16. The fraction of sp³-hybridized carbons (Fsp3) is 0.500. The van der Waals surface area contributed by atoms with E-state index in [4.69, 9.17) is 9.15 Å². The molecule has 172 valence electrons. The van der Waals surface area contributed by atoms with Gasteiger partial charge in [-0.25, -0.2) is 13.2 Å². The van der Waals surface area contributed by atoms with Crippen molar-refractivity contribution in [2.24, 2.45) is 5.41 Å². The number of hydrogen-bond donors (Lipinski definition) is 1. The van der Waals surface area contributed by atoms with Gasteiger partial charge in [0.1, 0.15) is 10.8 Å². The van der Waals surface area contributed by atoms with Crippen LogP contribution in [0, 0.1) is 12.3 Å². The lowest BCUT2D eigenvalue weighted by molar-refractivity contribution is 0.0526. The van der Waals surface area contributed by atoms with Crippen molar-refractivity contribution in [1.82, 2.24) is 0 Å². The third kappa shape index (κ3) is 4.01. The van der Waals surface area contributed by atoms with Crippen LogP contribution in [0.2, 0.25) is 0 Å². The van der Waals surface area contributed by atoms with Gasteiger partial charge in [0.2, 0.25) is 0 Å². The van der Waals surface area contributed by atoms with Crippen molar-refractivity contribution in [3.8, 4) is 0 Å². The molecule has 0 atom stereocenters. The highest BCUT2D eigenvalue weighted by molar-refractivity contribution is 7.90. The van der Waals surface area contributed by atoms with E-state index in [-0.39, 0.29) is 52.1 Å². The first kappa shape index (κ1) is 22.7. The Morgan fingerprint density at radius 2 is 1.97 bits per heavy atom. The first-order valence-corrected chi connectivity index (χ1v) is 13.0. The number of amides is 1. The van der Waals surface area contributed by atoms with Crippen molar-refractivity contribution in [3.05, 3.63) is 38.7 Å². The number of furan rings is 1. The zero-order chi connectivity index (χ0) is 23.4. The van der Waals surface area contributed by atoms with Crippen molar-refractivity contribution >= 4 is 43.8 Å². The van der Waals surface area contributed by atoms with Gasteiger partial charge in [-0.1, -0.05) is 13.8 Å². The maximum Gasteiger partial charge on any atom is 0.341 e. The lowest BCUT2D eigenvalue weighted by Crippen LogP contribution is -2.26. The van der Waals surface area contributed by atoms with Crippen LogP contribution < -0.4 is 5.32 Å². The SMILES string of the molecule is CCOC(=O)c1c(NC(=O)c2oc3c(c2C)C(=O)CC(C)(C)C3)sc2c1CCS(=O)(=O)C2. The summed E-state index contributed by atoms with van der Waals surface area (Å²) in [6.45, 7) is 7.44. The molecule has 1 N–H and O–H groups in total. The van der Waals surface area contributed by atoms with Gasteiger partial charge in [0, 0.05) is 23.3 Å². The highest BCUT2D eigenvalue weighted by Gasteiger charge is 2.38. The monoisotopic (exact) mass is 479 g/mol. The molecule has 4 rings (SSSR count). The number of rotatable bonds is 4. The van der Waals surface area contributed by atoms with Crippen molar-refractivity contribution in [2.75, 3.05) is 17.7 Å². The molecule has 2 aliphatic rings. The molecule has 2 aromatic heterocycles. The number of carbonyl (C=O) groups excluding carboxylic acids is 3. The number of Topliss-reactive ketones (excluding diaryl/α,β-unsaturated/α-hetero) is 1. The smallest absolute Gasteiger partial charge is 0.341 e. The van der Waals surface area contributed by atoms with E-state index in [1.807, 2.05) is 13.8 Å². The zero-order valence-corrected chi connectivity index (χ0v) is 20.0. The van der Waals surface area contributed by atoms with Gasteiger partial charge in [0.25, 0.3) is 5.91 Å². The Morgan fingerprint density at radius 3 is 2.66 bits per heavy atom. The van der Waals surface area contributed by atoms with E-state index in [1.165, 1.54) is 0 Å². The third-order valence-corrected chi connectivity index (χ3v) is 8.68. The normalized spacial score (nSPS) is 18.6. The van der Waals surface area contributed by atoms with E-state index in [9.17, 15) is 22.8 Å². The number of esters is 1. The van der Waals surface area contributed by atoms with Gasteiger partial charge in [-0.2, -0.15) is 0 Å². The van der Waals surface area contributed by atoms with E-state index in [0.717, 1.165) is 11.3 Å². The number of ether oxygens (including phenoxy) is 1. The zero-order valence-electron chi connectivity index (χ0n) is 18.4. The minimum Gasteiger partial charge on any atom is -0.462 e. The highest BCUT2D eigenvalue weighted by Crippen LogP contribution is 2.41. The number of sulfone groups is 1. The van der Waals surface area contributed by atoms with Crippen LogP contribution in [-0.4, -0.2) is 38.4 Å².